The van der Waals surface area contributed by atoms with Crippen LogP contribution in [0.15, 0.2) is 30.3 Å². The van der Waals surface area contributed by atoms with E-state index in [1.807, 2.05) is 24.8 Å². The lowest BCUT2D eigenvalue weighted by molar-refractivity contribution is -0.137. The molecule has 0 spiro atoms. The Bertz CT molecular complexity index is 1110. The van der Waals surface area contributed by atoms with Crippen LogP contribution in [0.4, 0.5) is 18.0 Å². The molecule has 0 bridgehead atoms. The minimum Gasteiger partial charge on any atom is -0.384 e. The second-order valence-electron chi connectivity index (χ2n) is 10.9. The van der Waals surface area contributed by atoms with Crippen LogP contribution in [0.1, 0.15) is 67.5 Å². The SMILES string of the molecule is COCC(C)(C)c1cc(C2CC(c3ccc(C(F)(F)F)cc3)CN(C(=O)N3CCC(C#N)CC3)C2)[nH]n1. The molecule has 0 aliphatic carbocycles. The Morgan fingerprint density at radius 3 is 2.38 bits per heavy atom. The molecule has 1 N–H and O–H groups in total. The van der Waals surface area contributed by atoms with Gasteiger partial charge in [-0.25, -0.2) is 4.79 Å². The zero-order valence-electron chi connectivity index (χ0n) is 21.5. The number of nitriles is 1. The monoisotopic (exact) mass is 517 g/mol. The second-order valence-corrected chi connectivity index (χ2v) is 10.9. The number of rotatable bonds is 5. The number of carbonyl (C=O) groups is 1. The Morgan fingerprint density at radius 2 is 1.78 bits per heavy atom. The van der Waals surface area contributed by atoms with Crippen molar-refractivity contribution in [3.63, 3.8) is 0 Å². The van der Waals surface area contributed by atoms with E-state index in [2.05, 4.69) is 16.3 Å². The molecule has 2 saturated heterocycles. The van der Waals surface area contributed by atoms with Gasteiger partial charge in [0.15, 0.2) is 0 Å². The molecule has 4 rings (SSSR count). The number of ether oxygens (including phenoxy) is 1. The summed E-state index contributed by atoms with van der Waals surface area (Å²) in [6.07, 6.45) is -2.41. The molecular weight excluding hydrogens is 483 g/mol. The van der Waals surface area contributed by atoms with Gasteiger partial charge >= 0.3 is 12.2 Å². The van der Waals surface area contributed by atoms with E-state index >= 15 is 0 Å². The van der Waals surface area contributed by atoms with Gasteiger partial charge < -0.3 is 14.5 Å². The predicted molar refractivity (Wildman–Crippen MR) is 132 cm³/mol. The molecule has 2 atom stereocenters. The number of alkyl halides is 3. The second kappa shape index (κ2) is 10.7. The van der Waals surface area contributed by atoms with Crippen LogP contribution in [0.3, 0.4) is 0 Å². The van der Waals surface area contributed by atoms with Crippen molar-refractivity contribution in [2.45, 2.75) is 56.5 Å². The number of nitrogens with zero attached hydrogens (tertiary/aromatic N) is 4. The molecule has 3 heterocycles. The Labute approximate surface area is 215 Å². The first-order chi connectivity index (χ1) is 17.5. The van der Waals surface area contributed by atoms with Crippen molar-refractivity contribution in [1.29, 1.82) is 5.26 Å². The first kappa shape index (κ1) is 27.0. The minimum absolute atomic E-state index is 0.0306. The average molecular weight is 518 g/mol. The number of benzene rings is 1. The largest absolute Gasteiger partial charge is 0.416 e. The summed E-state index contributed by atoms with van der Waals surface area (Å²) < 4.78 is 44.7. The molecule has 2 fully saturated rings. The van der Waals surface area contributed by atoms with Crippen LogP contribution in [0, 0.1) is 17.2 Å². The molecule has 0 radical (unpaired) electrons. The normalized spacial score (nSPS) is 21.6. The topological polar surface area (TPSA) is 85.2 Å². The number of H-pyrrole nitrogens is 1. The highest BCUT2D eigenvalue weighted by Gasteiger charge is 2.37. The van der Waals surface area contributed by atoms with Gasteiger partial charge in [0.05, 0.1) is 23.9 Å². The quantitative estimate of drug-likeness (QED) is 0.585. The number of halogens is 3. The number of carbonyl (C=O) groups excluding carboxylic acids is 1. The van der Waals surface area contributed by atoms with Crippen molar-refractivity contribution in [1.82, 2.24) is 20.0 Å². The van der Waals surface area contributed by atoms with Crippen molar-refractivity contribution in [3.8, 4) is 6.07 Å². The molecule has 1 aromatic carbocycles. The molecule has 1 aromatic heterocycles. The Morgan fingerprint density at radius 1 is 1.14 bits per heavy atom. The maximum Gasteiger partial charge on any atom is 0.416 e. The van der Waals surface area contributed by atoms with Crippen LogP contribution in [-0.2, 0) is 16.3 Å². The lowest BCUT2D eigenvalue weighted by atomic mass is 9.82. The highest BCUT2D eigenvalue weighted by molar-refractivity contribution is 5.75. The number of urea groups is 1. The van der Waals surface area contributed by atoms with Gasteiger partial charge in [-0.2, -0.15) is 23.5 Å². The van der Waals surface area contributed by atoms with Gasteiger partial charge in [-0.05, 0) is 43.0 Å². The number of hydrogen-bond acceptors (Lipinski definition) is 4. The van der Waals surface area contributed by atoms with Crippen LogP contribution in [0.5, 0.6) is 0 Å². The van der Waals surface area contributed by atoms with Gasteiger partial charge in [-0.1, -0.05) is 26.0 Å². The van der Waals surface area contributed by atoms with Crippen molar-refractivity contribution < 1.29 is 22.7 Å². The molecule has 2 aliphatic heterocycles. The van der Waals surface area contributed by atoms with E-state index in [1.54, 1.807) is 12.0 Å². The van der Waals surface area contributed by atoms with Crippen LogP contribution in [0.25, 0.3) is 0 Å². The summed E-state index contributed by atoms with van der Waals surface area (Å²) in [5, 5.41) is 16.9. The number of aromatic nitrogens is 2. The van der Waals surface area contributed by atoms with Gasteiger partial charge in [0.2, 0.25) is 0 Å². The summed E-state index contributed by atoms with van der Waals surface area (Å²) in [5.41, 5.74) is 1.55. The summed E-state index contributed by atoms with van der Waals surface area (Å²) >= 11 is 0. The van der Waals surface area contributed by atoms with Crippen molar-refractivity contribution in [2.75, 3.05) is 39.9 Å². The predicted octanol–water partition coefficient (Wildman–Crippen LogP) is 5.28. The maximum atomic E-state index is 13.5. The number of nitrogens with one attached hydrogen (secondary N) is 1. The zero-order chi connectivity index (χ0) is 26.8. The molecule has 2 aromatic rings. The van der Waals surface area contributed by atoms with E-state index in [0.717, 1.165) is 29.1 Å². The highest BCUT2D eigenvalue weighted by Crippen LogP contribution is 2.38. The fourth-order valence-corrected chi connectivity index (χ4v) is 5.39. The van der Waals surface area contributed by atoms with Gasteiger partial charge in [-0.15, -0.1) is 0 Å². The molecule has 2 unspecified atom stereocenters. The van der Waals surface area contributed by atoms with Crippen LogP contribution >= 0.6 is 0 Å². The van der Waals surface area contributed by atoms with E-state index in [0.29, 0.717) is 52.0 Å². The van der Waals surface area contributed by atoms with Gasteiger partial charge in [0, 0.05) is 62.2 Å². The molecule has 10 heteroatoms. The molecule has 37 heavy (non-hydrogen) atoms. The van der Waals surface area contributed by atoms with Gasteiger partial charge in [0.25, 0.3) is 0 Å². The first-order valence-corrected chi connectivity index (χ1v) is 12.7. The molecule has 7 nitrogen and oxygen atoms in total. The van der Waals surface area contributed by atoms with Crippen LogP contribution in [-0.4, -0.2) is 65.9 Å². The number of amides is 2. The summed E-state index contributed by atoms with van der Waals surface area (Å²) in [5.74, 6) is -0.210. The zero-order valence-corrected chi connectivity index (χ0v) is 21.5. The summed E-state index contributed by atoms with van der Waals surface area (Å²) in [6, 6.07) is 9.49. The number of aromatic amines is 1. The third-order valence-electron chi connectivity index (χ3n) is 7.61. The van der Waals surface area contributed by atoms with Gasteiger partial charge in [-0.3, -0.25) is 5.10 Å². The molecule has 200 valence electrons. The number of likely N-dealkylation sites (tertiary alicyclic amines) is 2. The third-order valence-corrected chi connectivity index (χ3v) is 7.61. The fourth-order valence-electron chi connectivity index (χ4n) is 5.39. The average Bonchev–Trinajstić information content (AvgIpc) is 3.39. The van der Waals surface area contributed by atoms with Crippen LogP contribution < -0.4 is 0 Å². The molecule has 2 aliphatic rings. The summed E-state index contributed by atoms with van der Waals surface area (Å²) in [7, 11) is 1.65. The molecule has 2 amide bonds. The third kappa shape index (κ3) is 6.09. The summed E-state index contributed by atoms with van der Waals surface area (Å²) in [4.78, 5) is 17.1. The van der Waals surface area contributed by atoms with E-state index in [4.69, 9.17) is 4.74 Å². The lowest BCUT2D eigenvalue weighted by Crippen LogP contribution is -2.51. The van der Waals surface area contributed by atoms with Crippen LogP contribution in [0.2, 0.25) is 0 Å². The smallest absolute Gasteiger partial charge is 0.384 e. The van der Waals surface area contributed by atoms with E-state index in [1.165, 1.54) is 12.1 Å². The van der Waals surface area contributed by atoms with E-state index in [9.17, 15) is 23.2 Å². The lowest BCUT2D eigenvalue weighted by Gasteiger charge is -2.41. The Kier molecular flexibility index (Phi) is 7.83. The number of piperidine rings is 2. The Hall–Kier alpha value is -3.06. The van der Waals surface area contributed by atoms with Crippen molar-refractivity contribution >= 4 is 6.03 Å². The highest BCUT2D eigenvalue weighted by atomic mass is 19.4. The number of hydrogen-bond donors (Lipinski definition) is 1. The van der Waals surface area contributed by atoms with E-state index < -0.39 is 11.7 Å². The van der Waals surface area contributed by atoms with Crippen molar-refractivity contribution in [3.05, 3.63) is 52.8 Å². The maximum absolute atomic E-state index is 13.5. The molecular formula is C27H34F3N5O2. The minimum atomic E-state index is -4.40. The standard InChI is InChI=1S/C27H34F3N5O2/c1-26(2,17-37-3)24-13-23(32-33-24)21-12-20(19-4-6-22(7-5-19)27(28,29)30)15-35(16-21)25(36)34-10-8-18(14-31)9-11-34/h4-7,13,18,20-21H,8-12,15-17H2,1-3H3,(H,32,33). The summed E-state index contributed by atoms with van der Waals surface area (Å²) in [6.45, 7) is 6.56. The van der Waals surface area contributed by atoms with E-state index in [-0.39, 0.29) is 29.2 Å². The van der Waals surface area contributed by atoms with Gasteiger partial charge in [0.1, 0.15) is 0 Å². The number of methoxy groups -OCH3 is 1. The molecule has 0 saturated carbocycles. The van der Waals surface area contributed by atoms with Crippen molar-refractivity contribution in [2.24, 2.45) is 5.92 Å². The fraction of sp³-hybridized carbons (Fsp3) is 0.593. The first-order valence-electron chi connectivity index (χ1n) is 12.7. The Balaban J connectivity index is 1.59.